The van der Waals surface area contributed by atoms with Gasteiger partial charge in [-0.05, 0) is 42.5 Å². The molecule has 0 aliphatic heterocycles. The molecule has 8 heteroatoms. The standard InChI is InChI=1S/C20H14F2N6/c21-13-3-6-18-12(8-13)11-26-28(18)19-2-1-7-25-20(19)16(24)9-17-15(22)5-4-14(10-23)27-17/h1-8,11,16H,9,24H2. The van der Waals surface area contributed by atoms with Gasteiger partial charge in [0.25, 0.3) is 0 Å². The van der Waals surface area contributed by atoms with Crippen LogP contribution in [0.3, 0.4) is 0 Å². The van der Waals surface area contributed by atoms with Crippen LogP contribution < -0.4 is 5.73 Å². The van der Waals surface area contributed by atoms with Gasteiger partial charge in [-0.1, -0.05) is 0 Å². The maximum atomic E-state index is 14.1. The Hall–Kier alpha value is -3.70. The topological polar surface area (TPSA) is 93.4 Å². The molecule has 0 bridgehead atoms. The maximum Gasteiger partial charge on any atom is 0.144 e. The molecule has 1 unspecified atom stereocenters. The van der Waals surface area contributed by atoms with Gasteiger partial charge in [-0.15, -0.1) is 0 Å². The molecule has 3 aromatic heterocycles. The van der Waals surface area contributed by atoms with E-state index in [2.05, 4.69) is 15.1 Å². The lowest BCUT2D eigenvalue weighted by Gasteiger charge is -2.16. The third-order valence-corrected chi connectivity index (χ3v) is 4.37. The molecule has 0 fully saturated rings. The average molecular weight is 376 g/mol. The van der Waals surface area contributed by atoms with Crippen molar-refractivity contribution >= 4 is 10.9 Å². The van der Waals surface area contributed by atoms with E-state index in [-0.39, 0.29) is 23.6 Å². The predicted octanol–water partition coefficient (Wildman–Crippen LogP) is 3.21. The van der Waals surface area contributed by atoms with Crippen molar-refractivity contribution in [1.29, 1.82) is 5.26 Å². The number of nitrogens with two attached hydrogens (primary N) is 1. The summed E-state index contributed by atoms with van der Waals surface area (Å²) in [6.45, 7) is 0. The van der Waals surface area contributed by atoms with Gasteiger partial charge in [-0.25, -0.2) is 18.4 Å². The number of aromatic nitrogens is 4. The number of fused-ring (bicyclic) bond motifs is 1. The highest BCUT2D eigenvalue weighted by molar-refractivity contribution is 5.80. The Morgan fingerprint density at radius 2 is 2.04 bits per heavy atom. The third-order valence-electron chi connectivity index (χ3n) is 4.37. The molecule has 0 aliphatic carbocycles. The second-order valence-electron chi connectivity index (χ2n) is 6.21. The monoisotopic (exact) mass is 376 g/mol. The Kier molecular flexibility index (Phi) is 4.51. The highest BCUT2D eigenvalue weighted by Gasteiger charge is 2.19. The first-order valence-electron chi connectivity index (χ1n) is 8.46. The zero-order valence-electron chi connectivity index (χ0n) is 14.5. The lowest BCUT2D eigenvalue weighted by molar-refractivity contribution is 0.574. The molecular weight excluding hydrogens is 362 g/mol. The number of pyridine rings is 2. The number of rotatable bonds is 4. The molecule has 1 aromatic carbocycles. The molecule has 28 heavy (non-hydrogen) atoms. The fourth-order valence-electron chi connectivity index (χ4n) is 3.06. The molecule has 2 N–H and O–H groups in total. The Morgan fingerprint density at radius 3 is 2.86 bits per heavy atom. The molecule has 1 atom stereocenters. The first-order chi connectivity index (χ1) is 13.6. The van der Waals surface area contributed by atoms with Crippen LogP contribution in [-0.4, -0.2) is 19.7 Å². The van der Waals surface area contributed by atoms with Crippen LogP contribution in [0.1, 0.15) is 23.1 Å². The molecule has 4 aromatic rings. The average Bonchev–Trinajstić information content (AvgIpc) is 3.12. The molecule has 4 rings (SSSR count). The molecule has 6 nitrogen and oxygen atoms in total. The summed E-state index contributed by atoms with van der Waals surface area (Å²) in [5.41, 5.74) is 8.30. The number of halogens is 2. The van der Waals surface area contributed by atoms with Crippen LogP contribution in [0.15, 0.2) is 54.9 Å². The van der Waals surface area contributed by atoms with Gasteiger partial charge in [0.2, 0.25) is 0 Å². The Balaban J connectivity index is 1.74. The molecule has 0 spiro atoms. The highest BCUT2D eigenvalue weighted by atomic mass is 19.1. The van der Waals surface area contributed by atoms with Crippen LogP contribution in [-0.2, 0) is 6.42 Å². The molecule has 138 valence electrons. The summed E-state index contributed by atoms with van der Waals surface area (Å²) in [4.78, 5) is 8.35. The van der Waals surface area contributed by atoms with Gasteiger partial charge in [0.05, 0.1) is 34.8 Å². The Morgan fingerprint density at radius 1 is 1.18 bits per heavy atom. The molecule has 3 heterocycles. The number of nitrogens with zero attached hydrogens (tertiary/aromatic N) is 5. The quantitative estimate of drug-likeness (QED) is 0.590. The van der Waals surface area contributed by atoms with Gasteiger partial charge in [0.15, 0.2) is 0 Å². The normalized spacial score (nSPS) is 12.1. The van der Waals surface area contributed by atoms with Crippen molar-refractivity contribution in [3.63, 3.8) is 0 Å². The first-order valence-corrected chi connectivity index (χ1v) is 8.46. The summed E-state index contributed by atoms with van der Waals surface area (Å²) >= 11 is 0. The first kappa shape index (κ1) is 17.7. The van der Waals surface area contributed by atoms with Gasteiger partial charge in [-0.3, -0.25) is 4.98 Å². The van der Waals surface area contributed by atoms with Gasteiger partial charge in [0, 0.05) is 18.0 Å². The van der Waals surface area contributed by atoms with Crippen molar-refractivity contribution in [2.24, 2.45) is 5.73 Å². The molecule has 0 amide bonds. The Labute approximate surface area is 158 Å². The van der Waals surface area contributed by atoms with E-state index in [4.69, 9.17) is 11.0 Å². The summed E-state index contributed by atoms with van der Waals surface area (Å²) in [5.74, 6) is -0.888. The summed E-state index contributed by atoms with van der Waals surface area (Å²) in [6, 6.07) is 11.6. The van der Waals surface area contributed by atoms with Crippen molar-refractivity contribution in [1.82, 2.24) is 19.7 Å². The van der Waals surface area contributed by atoms with Crippen LogP contribution in [0.5, 0.6) is 0 Å². The van der Waals surface area contributed by atoms with E-state index < -0.39 is 11.9 Å². The van der Waals surface area contributed by atoms with Crippen LogP contribution in [0, 0.1) is 23.0 Å². The van der Waals surface area contributed by atoms with E-state index in [1.165, 1.54) is 24.3 Å². The summed E-state index contributed by atoms with van der Waals surface area (Å²) in [6.07, 6.45) is 3.19. The number of nitriles is 1. The maximum absolute atomic E-state index is 14.1. The summed E-state index contributed by atoms with van der Waals surface area (Å²) in [7, 11) is 0. The largest absolute Gasteiger partial charge is 0.322 e. The fourth-order valence-corrected chi connectivity index (χ4v) is 3.06. The highest BCUT2D eigenvalue weighted by Crippen LogP contribution is 2.25. The van der Waals surface area contributed by atoms with Crippen molar-refractivity contribution in [2.75, 3.05) is 0 Å². The zero-order valence-corrected chi connectivity index (χ0v) is 14.5. The van der Waals surface area contributed by atoms with Crippen molar-refractivity contribution < 1.29 is 8.78 Å². The smallest absolute Gasteiger partial charge is 0.144 e. The predicted molar refractivity (Wildman–Crippen MR) is 98.4 cm³/mol. The van der Waals surface area contributed by atoms with Crippen molar-refractivity contribution in [3.05, 3.63) is 83.6 Å². The van der Waals surface area contributed by atoms with Gasteiger partial charge >= 0.3 is 0 Å². The van der Waals surface area contributed by atoms with Crippen LogP contribution in [0.2, 0.25) is 0 Å². The van der Waals surface area contributed by atoms with E-state index in [0.717, 1.165) is 0 Å². The minimum atomic E-state index is -0.688. The molecule has 0 saturated carbocycles. The van der Waals surface area contributed by atoms with E-state index in [0.29, 0.717) is 22.3 Å². The van der Waals surface area contributed by atoms with E-state index in [9.17, 15) is 8.78 Å². The van der Waals surface area contributed by atoms with Gasteiger partial charge < -0.3 is 5.73 Å². The summed E-state index contributed by atoms with van der Waals surface area (Å²) < 4.78 is 29.2. The van der Waals surface area contributed by atoms with Gasteiger partial charge in [0.1, 0.15) is 23.4 Å². The number of benzene rings is 1. The minimum Gasteiger partial charge on any atom is -0.322 e. The molecule has 0 radical (unpaired) electrons. The third kappa shape index (κ3) is 3.19. The number of hydrogen-bond acceptors (Lipinski definition) is 5. The van der Waals surface area contributed by atoms with Crippen LogP contribution >= 0.6 is 0 Å². The summed E-state index contributed by atoms with van der Waals surface area (Å²) in [5, 5.41) is 13.9. The van der Waals surface area contributed by atoms with Crippen molar-refractivity contribution in [3.8, 4) is 11.8 Å². The lowest BCUT2D eigenvalue weighted by Crippen LogP contribution is -2.19. The Bertz CT molecular complexity index is 1210. The second-order valence-corrected chi connectivity index (χ2v) is 6.21. The zero-order chi connectivity index (χ0) is 19.7. The van der Waals surface area contributed by atoms with E-state index in [1.54, 1.807) is 35.3 Å². The van der Waals surface area contributed by atoms with Crippen molar-refractivity contribution in [2.45, 2.75) is 12.5 Å². The van der Waals surface area contributed by atoms with E-state index >= 15 is 0 Å². The van der Waals surface area contributed by atoms with E-state index in [1.807, 2.05) is 6.07 Å². The van der Waals surface area contributed by atoms with Crippen LogP contribution in [0.25, 0.3) is 16.6 Å². The lowest BCUT2D eigenvalue weighted by atomic mass is 10.1. The molecule has 0 aliphatic rings. The molecule has 0 saturated heterocycles. The number of hydrogen-bond donors (Lipinski definition) is 1. The molecular formula is C20H14F2N6. The van der Waals surface area contributed by atoms with Crippen LogP contribution in [0.4, 0.5) is 8.78 Å². The second kappa shape index (κ2) is 7.13. The fraction of sp³-hybridized carbons (Fsp3) is 0.100. The van der Waals surface area contributed by atoms with Gasteiger partial charge in [-0.2, -0.15) is 10.4 Å². The minimum absolute atomic E-state index is 0.0548. The SMILES string of the molecule is N#Cc1ccc(F)c(CC(N)c2ncccc2-n2ncc3cc(F)ccc32)n1.